The van der Waals surface area contributed by atoms with E-state index >= 15 is 0 Å². The molecule has 2 heterocycles. The summed E-state index contributed by atoms with van der Waals surface area (Å²) in [4.78, 5) is 16.5. The third-order valence-electron chi connectivity index (χ3n) is 4.59. The van der Waals surface area contributed by atoms with Crippen molar-refractivity contribution in [2.75, 3.05) is 6.61 Å². The molecular formula is C17H22ClN3O2. The van der Waals surface area contributed by atoms with Crippen molar-refractivity contribution in [3.05, 3.63) is 28.7 Å². The second-order valence-corrected chi connectivity index (χ2v) is 7.03. The molecule has 0 radical (unpaired) electrons. The fourth-order valence-electron chi connectivity index (χ4n) is 3.40. The Morgan fingerprint density at radius 1 is 1.35 bits per heavy atom. The van der Waals surface area contributed by atoms with Crippen LogP contribution in [0.25, 0.3) is 5.65 Å². The summed E-state index contributed by atoms with van der Waals surface area (Å²) in [5, 5.41) is 4.66. The van der Waals surface area contributed by atoms with E-state index in [1.54, 1.807) is 13.0 Å². The predicted octanol–water partition coefficient (Wildman–Crippen LogP) is 4.07. The average Bonchev–Trinajstić information content (AvgIpc) is 2.92. The summed E-state index contributed by atoms with van der Waals surface area (Å²) in [6, 6.07) is 3.49. The molecule has 124 valence electrons. The van der Waals surface area contributed by atoms with Gasteiger partial charge in [-0.3, -0.25) is 0 Å². The maximum atomic E-state index is 11.8. The minimum absolute atomic E-state index is 0.238. The van der Waals surface area contributed by atoms with Gasteiger partial charge in [-0.2, -0.15) is 5.10 Å². The number of carbonyl (C=O) groups excluding carboxylic acids is 1. The molecule has 1 saturated carbocycles. The normalized spacial score (nSPS) is 17.3. The van der Waals surface area contributed by atoms with Crippen LogP contribution in [0.3, 0.4) is 0 Å². The van der Waals surface area contributed by atoms with Crippen molar-refractivity contribution in [1.82, 2.24) is 14.6 Å². The van der Waals surface area contributed by atoms with Gasteiger partial charge in [0.2, 0.25) is 0 Å². The second-order valence-electron chi connectivity index (χ2n) is 6.64. The Hall–Kier alpha value is -1.62. The summed E-state index contributed by atoms with van der Waals surface area (Å²) in [5.74, 6) is -0.449. The first-order valence-corrected chi connectivity index (χ1v) is 8.61. The molecule has 0 amide bonds. The van der Waals surface area contributed by atoms with Crippen LogP contribution in [0.15, 0.2) is 12.1 Å². The number of halogens is 1. The van der Waals surface area contributed by atoms with Crippen molar-refractivity contribution in [2.24, 2.45) is 5.41 Å². The molecule has 5 nitrogen and oxygen atoms in total. The predicted molar refractivity (Wildman–Crippen MR) is 88.8 cm³/mol. The number of hydrogen-bond donors (Lipinski definition) is 0. The fourth-order valence-corrected chi connectivity index (χ4v) is 3.65. The summed E-state index contributed by atoms with van der Waals surface area (Å²) in [6.07, 6.45) is 7.26. The topological polar surface area (TPSA) is 56.5 Å². The number of fused-ring (bicyclic) bond motifs is 1. The van der Waals surface area contributed by atoms with Crippen molar-refractivity contribution in [2.45, 2.75) is 52.4 Å². The first kappa shape index (κ1) is 16.2. The third-order valence-corrected chi connectivity index (χ3v) is 4.86. The summed E-state index contributed by atoms with van der Waals surface area (Å²) in [5.41, 5.74) is 2.08. The lowest BCUT2D eigenvalue weighted by Crippen LogP contribution is -2.23. The maximum Gasteiger partial charge on any atom is 0.358 e. The van der Waals surface area contributed by atoms with Gasteiger partial charge in [-0.1, -0.05) is 37.8 Å². The van der Waals surface area contributed by atoms with Crippen LogP contribution in [-0.2, 0) is 11.2 Å². The molecule has 3 rings (SSSR count). The van der Waals surface area contributed by atoms with Crippen LogP contribution >= 0.6 is 11.6 Å². The number of carbonyl (C=O) groups is 1. The Morgan fingerprint density at radius 3 is 2.78 bits per heavy atom. The summed E-state index contributed by atoms with van der Waals surface area (Å²) >= 11 is 6.33. The molecule has 0 unspecified atom stereocenters. The Labute approximate surface area is 141 Å². The zero-order valence-corrected chi connectivity index (χ0v) is 14.4. The fraction of sp³-hybridized carbons (Fsp3) is 0.588. The van der Waals surface area contributed by atoms with Crippen LogP contribution in [0.5, 0.6) is 0 Å². The summed E-state index contributed by atoms with van der Waals surface area (Å²) in [7, 11) is 0. The quantitative estimate of drug-likeness (QED) is 0.624. The molecule has 2 aromatic heterocycles. The molecule has 6 heteroatoms. The molecule has 0 saturated heterocycles. The van der Waals surface area contributed by atoms with Crippen LogP contribution in [0.1, 0.15) is 62.1 Å². The van der Waals surface area contributed by atoms with Crippen LogP contribution in [0.4, 0.5) is 0 Å². The van der Waals surface area contributed by atoms with Gasteiger partial charge in [-0.15, -0.1) is 0 Å². The number of esters is 1. The molecule has 0 atom stereocenters. The van der Waals surface area contributed by atoms with Gasteiger partial charge in [-0.05, 0) is 37.7 Å². The van der Waals surface area contributed by atoms with Crippen LogP contribution in [0, 0.1) is 5.41 Å². The van der Waals surface area contributed by atoms with Gasteiger partial charge in [0.15, 0.2) is 11.3 Å². The van der Waals surface area contributed by atoms with E-state index in [0.29, 0.717) is 17.4 Å². The number of rotatable bonds is 4. The number of ether oxygens (including phenoxy) is 1. The van der Waals surface area contributed by atoms with E-state index < -0.39 is 5.97 Å². The molecule has 0 aromatic carbocycles. The highest BCUT2D eigenvalue weighted by atomic mass is 35.5. The van der Waals surface area contributed by atoms with Gasteiger partial charge < -0.3 is 4.74 Å². The monoisotopic (exact) mass is 335 g/mol. The minimum atomic E-state index is -0.449. The van der Waals surface area contributed by atoms with E-state index in [9.17, 15) is 4.79 Å². The maximum absolute atomic E-state index is 11.8. The minimum Gasteiger partial charge on any atom is -0.461 e. The van der Waals surface area contributed by atoms with Crippen molar-refractivity contribution in [1.29, 1.82) is 0 Å². The van der Waals surface area contributed by atoms with Crippen molar-refractivity contribution in [3.8, 4) is 0 Å². The Balaban J connectivity index is 1.89. The van der Waals surface area contributed by atoms with Gasteiger partial charge in [0.1, 0.15) is 5.15 Å². The van der Waals surface area contributed by atoms with E-state index in [1.165, 1.54) is 36.6 Å². The molecule has 2 aromatic rings. The lowest BCUT2D eigenvalue weighted by Gasteiger charge is -2.33. The smallest absolute Gasteiger partial charge is 0.358 e. The molecule has 0 bridgehead atoms. The standard InChI is InChI=1S/C17H22ClN3O2/c1-3-23-16(22)13-10-15-19-12(9-14(18)21(15)20-13)11-17(2)7-5-4-6-8-17/h9-10H,3-8,11H2,1-2H3. The summed E-state index contributed by atoms with van der Waals surface area (Å²) < 4.78 is 6.47. The molecule has 1 aliphatic rings. The highest BCUT2D eigenvalue weighted by Crippen LogP contribution is 2.38. The second kappa shape index (κ2) is 6.48. The molecule has 1 fully saturated rings. The largest absolute Gasteiger partial charge is 0.461 e. The lowest BCUT2D eigenvalue weighted by molar-refractivity contribution is 0.0519. The molecule has 0 N–H and O–H groups in total. The number of hydrogen-bond acceptors (Lipinski definition) is 4. The SMILES string of the molecule is CCOC(=O)c1cc2nc(CC3(C)CCCCC3)cc(Cl)n2n1. The van der Waals surface area contributed by atoms with E-state index in [-0.39, 0.29) is 11.1 Å². The molecule has 1 aliphatic carbocycles. The van der Waals surface area contributed by atoms with Gasteiger partial charge in [0.25, 0.3) is 0 Å². The Kier molecular flexibility index (Phi) is 4.57. The molecule has 23 heavy (non-hydrogen) atoms. The van der Waals surface area contributed by atoms with Crippen molar-refractivity contribution >= 4 is 23.2 Å². The number of aromatic nitrogens is 3. The van der Waals surface area contributed by atoms with Crippen LogP contribution < -0.4 is 0 Å². The molecular weight excluding hydrogens is 314 g/mol. The number of nitrogens with zero attached hydrogens (tertiary/aromatic N) is 3. The van der Waals surface area contributed by atoms with E-state index in [4.69, 9.17) is 16.3 Å². The van der Waals surface area contributed by atoms with E-state index in [1.807, 2.05) is 6.07 Å². The van der Waals surface area contributed by atoms with Gasteiger partial charge in [0, 0.05) is 11.8 Å². The van der Waals surface area contributed by atoms with Gasteiger partial charge in [-0.25, -0.2) is 14.3 Å². The van der Waals surface area contributed by atoms with Crippen molar-refractivity contribution in [3.63, 3.8) is 0 Å². The van der Waals surface area contributed by atoms with E-state index in [0.717, 1.165) is 12.1 Å². The third kappa shape index (κ3) is 3.50. The van der Waals surface area contributed by atoms with Gasteiger partial charge in [0.05, 0.1) is 6.61 Å². The van der Waals surface area contributed by atoms with E-state index in [2.05, 4.69) is 17.0 Å². The molecule has 0 aliphatic heterocycles. The zero-order valence-electron chi connectivity index (χ0n) is 13.6. The summed E-state index contributed by atoms with van der Waals surface area (Å²) in [6.45, 7) is 4.41. The lowest BCUT2D eigenvalue weighted by atomic mass is 9.73. The average molecular weight is 336 g/mol. The van der Waals surface area contributed by atoms with Crippen LogP contribution in [0.2, 0.25) is 5.15 Å². The Bertz CT molecular complexity index is 720. The highest BCUT2D eigenvalue weighted by Gasteiger charge is 2.28. The first-order valence-electron chi connectivity index (χ1n) is 8.23. The Morgan fingerprint density at radius 2 is 2.09 bits per heavy atom. The first-order chi connectivity index (χ1) is 11.0. The van der Waals surface area contributed by atoms with Crippen molar-refractivity contribution < 1.29 is 9.53 Å². The molecule has 0 spiro atoms. The van der Waals surface area contributed by atoms with Crippen LogP contribution in [-0.4, -0.2) is 27.2 Å². The van der Waals surface area contributed by atoms with Gasteiger partial charge >= 0.3 is 5.97 Å². The zero-order chi connectivity index (χ0) is 16.4. The highest BCUT2D eigenvalue weighted by molar-refractivity contribution is 6.29.